The van der Waals surface area contributed by atoms with Crippen molar-refractivity contribution in [3.63, 3.8) is 0 Å². The summed E-state index contributed by atoms with van der Waals surface area (Å²) in [4.78, 5) is 18.8. The molecule has 0 bridgehead atoms. The molecule has 2 aromatic rings. The Kier molecular flexibility index (Phi) is 6.06. The molecule has 2 aliphatic heterocycles. The first-order valence-electron chi connectivity index (χ1n) is 11.3. The van der Waals surface area contributed by atoms with Gasteiger partial charge in [-0.1, -0.05) is 12.1 Å². The average molecular weight is 514 g/mol. The van der Waals surface area contributed by atoms with E-state index >= 15 is 0 Å². The molecule has 1 aliphatic carbocycles. The maximum atomic E-state index is 13.8. The molecule has 3 aliphatic rings. The van der Waals surface area contributed by atoms with Gasteiger partial charge in [-0.25, -0.2) is 9.37 Å². The van der Waals surface area contributed by atoms with Crippen LogP contribution in [0.15, 0.2) is 36.4 Å². The van der Waals surface area contributed by atoms with E-state index in [9.17, 15) is 26.7 Å². The van der Waals surface area contributed by atoms with Crippen LogP contribution in [0.5, 0.6) is 11.6 Å². The van der Waals surface area contributed by atoms with Crippen molar-refractivity contribution in [2.24, 2.45) is 5.92 Å². The molecule has 3 fully saturated rings. The first-order valence-corrected chi connectivity index (χ1v) is 11.3. The first kappa shape index (κ1) is 24.7. The maximum absolute atomic E-state index is 13.8. The highest BCUT2D eigenvalue weighted by molar-refractivity contribution is 5.92. The largest absolute Gasteiger partial charge is 0.487 e. The molecule has 36 heavy (non-hydrogen) atoms. The van der Waals surface area contributed by atoms with Gasteiger partial charge >= 0.3 is 11.8 Å². The molecule has 5 rings (SSSR count). The van der Waals surface area contributed by atoms with Crippen LogP contribution in [0.2, 0.25) is 0 Å². The van der Waals surface area contributed by atoms with Gasteiger partial charge in [0.25, 0.3) is 11.8 Å². The Morgan fingerprint density at radius 2 is 2.03 bits per heavy atom. The topological polar surface area (TPSA) is 70.1 Å². The normalized spacial score (nSPS) is 28.2. The van der Waals surface area contributed by atoms with Crippen molar-refractivity contribution in [1.82, 2.24) is 9.88 Å². The number of hydrogen-bond acceptors (Lipinski definition) is 6. The van der Waals surface area contributed by atoms with Crippen LogP contribution in [0, 0.1) is 11.7 Å². The molecule has 1 aromatic heterocycles. The second-order valence-electron chi connectivity index (χ2n) is 9.06. The number of nitrogens with zero attached hydrogens (tertiary/aromatic N) is 2. The van der Waals surface area contributed by atoms with Gasteiger partial charge in [0.15, 0.2) is 5.75 Å². The molecule has 0 radical (unpaired) electrons. The van der Waals surface area contributed by atoms with Crippen molar-refractivity contribution >= 4 is 5.91 Å². The summed E-state index contributed by atoms with van der Waals surface area (Å²) in [6.45, 7) is -0.195. The standard InChI is InChI=1S/C24H23F5N2O5/c1-33-20-18(34-12-15-10-23(26,27)24(15,28)29)6-5-17(30-20)21(32)31-8-7-22(19(11-31)35-13-36-22)14-3-2-4-16(25)9-14/h2-6,9,15,19H,7-8,10-13H2,1H3/t15?,19-,22-/m1/s1. The number of likely N-dealkylation sites (tertiary alicyclic amines) is 1. The number of hydrogen-bond donors (Lipinski definition) is 0. The number of pyridine rings is 1. The number of carbonyl (C=O) groups excluding carboxylic acids is 1. The van der Waals surface area contributed by atoms with Gasteiger partial charge in [-0.2, -0.15) is 17.6 Å². The lowest BCUT2D eigenvalue weighted by atomic mass is 9.77. The van der Waals surface area contributed by atoms with E-state index < -0.39 is 54.2 Å². The number of amides is 1. The highest BCUT2D eigenvalue weighted by Gasteiger charge is 2.71. The van der Waals surface area contributed by atoms with Gasteiger partial charge in [0, 0.05) is 19.4 Å². The molecule has 3 atom stereocenters. The highest BCUT2D eigenvalue weighted by atomic mass is 19.3. The summed E-state index contributed by atoms with van der Waals surface area (Å²) < 4.78 is 89.0. The number of carbonyl (C=O) groups is 1. The molecule has 0 spiro atoms. The quantitative estimate of drug-likeness (QED) is 0.543. The molecule has 3 heterocycles. The predicted octanol–water partition coefficient (Wildman–Crippen LogP) is 4.01. The number of halogens is 5. The third-order valence-electron chi connectivity index (χ3n) is 7.03. The number of benzene rings is 1. The zero-order valence-corrected chi connectivity index (χ0v) is 19.2. The average Bonchev–Trinajstić information content (AvgIpc) is 3.30. The number of rotatable bonds is 6. The second kappa shape index (κ2) is 8.84. The van der Waals surface area contributed by atoms with E-state index in [2.05, 4.69) is 4.98 Å². The lowest BCUT2D eigenvalue weighted by Gasteiger charge is -2.43. The lowest BCUT2D eigenvalue weighted by molar-refractivity contribution is -0.317. The Morgan fingerprint density at radius 3 is 2.72 bits per heavy atom. The van der Waals surface area contributed by atoms with Crippen molar-refractivity contribution in [1.29, 1.82) is 0 Å². The SMILES string of the molecule is COc1nc(C(=O)N2CC[C@]3(c4cccc(F)c4)OCO[C@@H]3C2)ccc1OCC1CC(F)(F)C1(F)F. The fourth-order valence-corrected chi connectivity index (χ4v) is 4.88. The van der Waals surface area contributed by atoms with E-state index in [1.807, 2.05) is 0 Å². The maximum Gasteiger partial charge on any atom is 0.316 e. The summed E-state index contributed by atoms with van der Waals surface area (Å²) >= 11 is 0. The fraction of sp³-hybridized carbons (Fsp3) is 0.500. The summed E-state index contributed by atoms with van der Waals surface area (Å²) in [5.41, 5.74) is -0.229. The molecular formula is C24H23F5N2O5. The van der Waals surface area contributed by atoms with Gasteiger partial charge < -0.3 is 23.8 Å². The van der Waals surface area contributed by atoms with E-state index in [0.717, 1.165) is 0 Å². The predicted molar refractivity (Wildman–Crippen MR) is 114 cm³/mol. The minimum Gasteiger partial charge on any atom is -0.487 e. The summed E-state index contributed by atoms with van der Waals surface area (Å²) in [7, 11) is 1.26. The van der Waals surface area contributed by atoms with E-state index in [0.29, 0.717) is 12.0 Å². The second-order valence-corrected chi connectivity index (χ2v) is 9.06. The molecule has 1 saturated carbocycles. The third-order valence-corrected chi connectivity index (χ3v) is 7.03. The number of fused-ring (bicyclic) bond motifs is 1. The zero-order valence-electron chi connectivity index (χ0n) is 19.2. The molecule has 1 aromatic carbocycles. The Morgan fingerprint density at radius 1 is 1.22 bits per heavy atom. The van der Waals surface area contributed by atoms with Crippen LogP contribution in [-0.2, 0) is 15.1 Å². The summed E-state index contributed by atoms with van der Waals surface area (Å²) in [5, 5.41) is 0. The Balaban J connectivity index is 1.27. The van der Waals surface area contributed by atoms with Crippen LogP contribution in [0.25, 0.3) is 0 Å². The first-order chi connectivity index (χ1) is 17.1. The van der Waals surface area contributed by atoms with Crippen LogP contribution < -0.4 is 9.47 Å². The molecule has 1 amide bonds. The summed E-state index contributed by atoms with van der Waals surface area (Å²) in [5.74, 6) is -10.9. The van der Waals surface area contributed by atoms with Gasteiger partial charge in [-0.15, -0.1) is 0 Å². The molecule has 0 N–H and O–H groups in total. The van der Waals surface area contributed by atoms with Crippen molar-refractivity contribution in [2.75, 3.05) is 33.6 Å². The Bertz CT molecular complexity index is 1170. The van der Waals surface area contributed by atoms with Gasteiger partial charge in [0.2, 0.25) is 0 Å². The minimum atomic E-state index is -4.15. The van der Waals surface area contributed by atoms with Gasteiger partial charge in [0.05, 0.1) is 26.2 Å². The Labute approximate surface area is 203 Å². The molecule has 1 unspecified atom stereocenters. The van der Waals surface area contributed by atoms with E-state index in [1.165, 1.54) is 36.3 Å². The Hall–Kier alpha value is -2.99. The van der Waals surface area contributed by atoms with Gasteiger partial charge in [-0.3, -0.25) is 4.79 Å². The van der Waals surface area contributed by atoms with Crippen LogP contribution >= 0.6 is 0 Å². The number of aromatic nitrogens is 1. The van der Waals surface area contributed by atoms with Crippen molar-refractivity contribution in [3.8, 4) is 11.6 Å². The highest BCUT2D eigenvalue weighted by Crippen LogP contribution is 2.55. The van der Waals surface area contributed by atoms with Gasteiger partial charge in [-0.05, 0) is 29.8 Å². The van der Waals surface area contributed by atoms with Crippen LogP contribution in [0.1, 0.15) is 28.9 Å². The van der Waals surface area contributed by atoms with Crippen LogP contribution in [0.4, 0.5) is 22.0 Å². The summed E-state index contributed by atoms with van der Waals surface area (Å²) in [6, 6.07) is 8.74. The number of methoxy groups -OCH3 is 1. The number of piperidine rings is 1. The molecule has 12 heteroatoms. The van der Waals surface area contributed by atoms with Crippen LogP contribution in [0.3, 0.4) is 0 Å². The van der Waals surface area contributed by atoms with Crippen molar-refractivity contribution in [2.45, 2.75) is 36.4 Å². The smallest absolute Gasteiger partial charge is 0.316 e. The zero-order chi connectivity index (χ0) is 25.7. The van der Waals surface area contributed by atoms with Crippen LogP contribution in [-0.4, -0.2) is 67.3 Å². The number of ether oxygens (including phenoxy) is 4. The van der Waals surface area contributed by atoms with Crippen molar-refractivity contribution in [3.05, 3.63) is 53.5 Å². The molecular weight excluding hydrogens is 491 g/mol. The van der Waals surface area contributed by atoms with E-state index in [4.69, 9.17) is 18.9 Å². The van der Waals surface area contributed by atoms with Crippen molar-refractivity contribution < 1.29 is 45.7 Å². The molecule has 2 saturated heterocycles. The monoisotopic (exact) mass is 514 g/mol. The fourth-order valence-electron chi connectivity index (χ4n) is 4.88. The molecule has 7 nitrogen and oxygen atoms in total. The summed E-state index contributed by atoms with van der Waals surface area (Å²) in [6.07, 6.45) is -1.14. The minimum absolute atomic E-state index is 0.00723. The van der Waals surface area contributed by atoms with Gasteiger partial charge in [0.1, 0.15) is 30.0 Å². The van der Waals surface area contributed by atoms with E-state index in [-0.39, 0.29) is 37.2 Å². The van der Waals surface area contributed by atoms with E-state index in [1.54, 1.807) is 12.1 Å². The number of alkyl halides is 4. The third kappa shape index (κ3) is 3.96. The molecule has 194 valence electrons. The lowest BCUT2D eigenvalue weighted by Crippen LogP contribution is -2.60.